The van der Waals surface area contributed by atoms with Crippen LogP contribution in [0.15, 0.2) is 48.5 Å². The summed E-state index contributed by atoms with van der Waals surface area (Å²) in [6.07, 6.45) is 0.997. The summed E-state index contributed by atoms with van der Waals surface area (Å²) in [6.45, 7) is 7.03. The second-order valence-corrected chi connectivity index (χ2v) is 7.41. The lowest BCUT2D eigenvalue weighted by Gasteiger charge is -2.16. The van der Waals surface area contributed by atoms with Gasteiger partial charge in [0.05, 0.1) is 0 Å². The van der Waals surface area contributed by atoms with Crippen molar-refractivity contribution < 1.29 is 4.79 Å². The Morgan fingerprint density at radius 3 is 2.81 bits per heavy atom. The molecule has 2 heterocycles. The number of hydrogen-bond donors (Lipinski definition) is 2. The molecule has 1 saturated heterocycles. The molecule has 0 spiro atoms. The van der Waals surface area contributed by atoms with E-state index in [1.54, 1.807) is 0 Å². The highest BCUT2D eigenvalue weighted by Gasteiger charge is 2.24. The van der Waals surface area contributed by atoms with E-state index in [0.29, 0.717) is 5.69 Å². The second-order valence-electron chi connectivity index (χ2n) is 7.41. The van der Waals surface area contributed by atoms with Crippen LogP contribution < -0.4 is 5.32 Å². The van der Waals surface area contributed by atoms with Gasteiger partial charge in [-0.25, -0.2) is 0 Å². The van der Waals surface area contributed by atoms with E-state index in [2.05, 4.69) is 65.4 Å². The van der Waals surface area contributed by atoms with Gasteiger partial charge in [-0.05, 0) is 49.1 Å². The number of aromatic nitrogens is 1. The molecule has 4 nitrogen and oxygen atoms in total. The summed E-state index contributed by atoms with van der Waals surface area (Å²) in [6, 6.07) is 16.9. The van der Waals surface area contributed by atoms with Crippen LogP contribution in [0.3, 0.4) is 0 Å². The maximum atomic E-state index is 12.7. The molecule has 3 aromatic rings. The maximum Gasteiger partial charge on any atom is 0.267 e. The molecule has 0 unspecified atom stereocenters. The lowest BCUT2D eigenvalue weighted by molar-refractivity contribution is 0.0933. The number of benzene rings is 2. The minimum Gasteiger partial charge on any atom is -0.351 e. The van der Waals surface area contributed by atoms with Crippen LogP contribution in [0, 0.1) is 13.8 Å². The van der Waals surface area contributed by atoms with Crippen LogP contribution in [-0.2, 0) is 6.54 Å². The summed E-state index contributed by atoms with van der Waals surface area (Å²) >= 11 is 0. The summed E-state index contributed by atoms with van der Waals surface area (Å²) < 4.78 is 0. The van der Waals surface area contributed by atoms with E-state index in [9.17, 15) is 4.79 Å². The SMILES string of the molecule is Cc1cc(C)c2cc(C(=O)N[C@@H]3CCN(Cc4ccccc4)C3)[nH]c2c1. The number of nitrogens with zero attached hydrogens (tertiary/aromatic N) is 1. The molecule has 26 heavy (non-hydrogen) atoms. The minimum absolute atomic E-state index is 0.00943. The van der Waals surface area contributed by atoms with Crippen LogP contribution in [-0.4, -0.2) is 34.9 Å². The number of fused-ring (bicyclic) bond motifs is 1. The highest BCUT2D eigenvalue weighted by atomic mass is 16.2. The zero-order chi connectivity index (χ0) is 18.1. The first-order valence-corrected chi connectivity index (χ1v) is 9.25. The molecule has 4 heteroatoms. The van der Waals surface area contributed by atoms with Crippen molar-refractivity contribution in [3.05, 3.63) is 70.9 Å². The van der Waals surface area contributed by atoms with Gasteiger partial charge < -0.3 is 10.3 Å². The molecule has 2 aromatic carbocycles. The van der Waals surface area contributed by atoms with Crippen molar-refractivity contribution in [3.63, 3.8) is 0 Å². The lowest BCUT2D eigenvalue weighted by Crippen LogP contribution is -2.37. The Morgan fingerprint density at radius 1 is 1.19 bits per heavy atom. The number of carbonyl (C=O) groups excluding carboxylic acids is 1. The molecule has 0 bridgehead atoms. The molecule has 1 aliphatic heterocycles. The molecule has 1 aromatic heterocycles. The number of aryl methyl sites for hydroxylation is 2. The highest BCUT2D eigenvalue weighted by molar-refractivity contribution is 5.99. The van der Waals surface area contributed by atoms with Gasteiger partial charge in [0, 0.05) is 36.6 Å². The molecule has 0 radical (unpaired) electrons. The van der Waals surface area contributed by atoms with Crippen molar-refractivity contribution in [2.45, 2.75) is 32.9 Å². The van der Waals surface area contributed by atoms with Gasteiger partial charge in [0.25, 0.3) is 5.91 Å². The topological polar surface area (TPSA) is 48.1 Å². The third-order valence-corrected chi connectivity index (χ3v) is 5.19. The van der Waals surface area contributed by atoms with Gasteiger partial charge in [0.15, 0.2) is 0 Å². The summed E-state index contributed by atoms with van der Waals surface area (Å²) in [5.41, 5.74) is 5.40. The molecular formula is C22H25N3O. The van der Waals surface area contributed by atoms with E-state index in [0.717, 1.165) is 37.0 Å². The van der Waals surface area contributed by atoms with Crippen LogP contribution in [0.4, 0.5) is 0 Å². The molecule has 0 saturated carbocycles. The van der Waals surface area contributed by atoms with Crippen LogP contribution >= 0.6 is 0 Å². The first kappa shape index (κ1) is 16.9. The maximum absolute atomic E-state index is 12.7. The first-order valence-electron chi connectivity index (χ1n) is 9.25. The van der Waals surface area contributed by atoms with Crippen molar-refractivity contribution in [2.24, 2.45) is 0 Å². The fourth-order valence-corrected chi connectivity index (χ4v) is 3.92. The Bertz CT molecular complexity index is 929. The van der Waals surface area contributed by atoms with Crippen molar-refractivity contribution in [1.29, 1.82) is 0 Å². The standard InChI is InChI=1S/C22H25N3O/c1-15-10-16(2)19-12-21(24-20(19)11-15)22(26)23-18-8-9-25(14-18)13-17-6-4-3-5-7-17/h3-7,10-12,18,24H,8-9,13-14H2,1-2H3,(H,23,26)/t18-/m1/s1. The van der Waals surface area contributed by atoms with E-state index in [1.165, 1.54) is 16.7 Å². The quantitative estimate of drug-likeness (QED) is 0.754. The van der Waals surface area contributed by atoms with E-state index in [1.807, 2.05) is 12.1 Å². The Labute approximate surface area is 154 Å². The molecule has 4 rings (SSSR count). The Balaban J connectivity index is 1.40. The number of rotatable bonds is 4. The molecule has 1 atom stereocenters. The largest absolute Gasteiger partial charge is 0.351 e. The van der Waals surface area contributed by atoms with Gasteiger partial charge in [0.1, 0.15) is 5.69 Å². The van der Waals surface area contributed by atoms with Crippen molar-refractivity contribution in [3.8, 4) is 0 Å². The van der Waals surface area contributed by atoms with Gasteiger partial charge in [-0.2, -0.15) is 0 Å². The Kier molecular flexibility index (Phi) is 4.51. The average Bonchev–Trinajstić information content (AvgIpc) is 3.23. The number of H-pyrrole nitrogens is 1. The molecule has 1 aliphatic rings. The normalized spacial score (nSPS) is 17.7. The van der Waals surface area contributed by atoms with Crippen LogP contribution in [0.25, 0.3) is 10.9 Å². The number of hydrogen-bond acceptors (Lipinski definition) is 2. The van der Waals surface area contributed by atoms with Gasteiger partial charge in [-0.3, -0.25) is 9.69 Å². The van der Waals surface area contributed by atoms with Crippen molar-refractivity contribution in [1.82, 2.24) is 15.2 Å². The smallest absolute Gasteiger partial charge is 0.267 e. The van der Waals surface area contributed by atoms with Gasteiger partial charge in [0.2, 0.25) is 0 Å². The number of carbonyl (C=O) groups is 1. The van der Waals surface area contributed by atoms with Crippen LogP contribution in [0.2, 0.25) is 0 Å². The molecule has 1 fully saturated rings. The first-order chi connectivity index (χ1) is 12.6. The fraction of sp³-hybridized carbons (Fsp3) is 0.318. The molecule has 0 aliphatic carbocycles. The number of likely N-dealkylation sites (tertiary alicyclic amines) is 1. The third kappa shape index (κ3) is 3.51. The number of aromatic amines is 1. The van der Waals surface area contributed by atoms with Crippen molar-refractivity contribution in [2.75, 3.05) is 13.1 Å². The van der Waals surface area contributed by atoms with Gasteiger partial charge in [-0.1, -0.05) is 36.4 Å². The van der Waals surface area contributed by atoms with Gasteiger partial charge >= 0.3 is 0 Å². The minimum atomic E-state index is -0.00943. The van der Waals surface area contributed by atoms with E-state index >= 15 is 0 Å². The summed E-state index contributed by atoms with van der Waals surface area (Å²) in [4.78, 5) is 18.3. The monoisotopic (exact) mass is 347 g/mol. The Hall–Kier alpha value is -2.59. The Morgan fingerprint density at radius 2 is 2.00 bits per heavy atom. The third-order valence-electron chi connectivity index (χ3n) is 5.19. The number of nitrogens with one attached hydrogen (secondary N) is 2. The lowest BCUT2D eigenvalue weighted by atomic mass is 10.1. The second kappa shape index (κ2) is 6.96. The van der Waals surface area contributed by atoms with Crippen LogP contribution in [0.5, 0.6) is 0 Å². The summed E-state index contributed by atoms with van der Waals surface area (Å²) in [7, 11) is 0. The van der Waals surface area contributed by atoms with E-state index in [4.69, 9.17) is 0 Å². The van der Waals surface area contributed by atoms with Gasteiger partial charge in [-0.15, -0.1) is 0 Å². The molecule has 2 N–H and O–H groups in total. The number of amides is 1. The predicted molar refractivity (Wildman–Crippen MR) is 105 cm³/mol. The van der Waals surface area contributed by atoms with Crippen molar-refractivity contribution >= 4 is 16.8 Å². The highest BCUT2D eigenvalue weighted by Crippen LogP contribution is 2.22. The summed E-state index contributed by atoms with van der Waals surface area (Å²) in [5.74, 6) is -0.00943. The molecular weight excluding hydrogens is 322 g/mol. The van der Waals surface area contributed by atoms with E-state index in [-0.39, 0.29) is 11.9 Å². The molecule has 1 amide bonds. The average molecular weight is 347 g/mol. The zero-order valence-corrected chi connectivity index (χ0v) is 15.4. The zero-order valence-electron chi connectivity index (χ0n) is 15.4. The predicted octanol–water partition coefficient (Wildman–Crippen LogP) is 3.79. The van der Waals surface area contributed by atoms with E-state index < -0.39 is 0 Å². The van der Waals surface area contributed by atoms with Crippen LogP contribution in [0.1, 0.15) is 33.6 Å². The summed E-state index contributed by atoms with van der Waals surface area (Å²) in [5, 5.41) is 4.32. The molecule has 134 valence electrons. The fourth-order valence-electron chi connectivity index (χ4n) is 3.92.